The predicted molar refractivity (Wildman–Crippen MR) is 245 cm³/mol. The van der Waals surface area contributed by atoms with Crippen molar-refractivity contribution in [2.24, 2.45) is 0 Å². The third-order valence-corrected chi connectivity index (χ3v) is 10.6. The summed E-state index contributed by atoms with van der Waals surface area (Å²) in [6.07, 6.45) is -14.9. The summed E-state index contributed by atoms with van der Waals surface area (Å²) in [7, 11) is 0. The van der Waals surface area contributed by atoms with E-state index in [2.05, 4.69) is 0 Å². The van der Waals surface area contributed by atoms with Gasteiger partial charge in [-0.25, -0.2) is 9.59 Å². The van der Waals surface area contributed by atoms with Gasteiger partial charge in [0, 0.05) is 24.2 Å². The van der Waals surface area contributed by atoms with Crippen molar-refractivity contribution in [1.82, 2.24) is 0 Å². The van der Waals surface area contributed by atoms with Gasteiger partial charge in [-0.1, -0.05) is 42.5 Å². The molecule has 0 fully saturated rings. The highest BCUT2D eigenvalue weighted by molar-refractivity contribution is 6.01. The molecule has 6 N–H and O–H groups in total. The first-order valence-corrected chi connectivity index (χ1v) is 21.7. The molecule has 22 heteroatoms. The van der Waals surface area contributed by atoms with Gasteiger partial charge < -0.3 is 40.6 Å². The van der Waals surface area contributed by atoms with Crippen LogP contribution in [-0.2, 0) is 9.59 Å². The maximum Gasteiger partial charge on any atom is 0.453 e. The zero-order valence-corrected chi connectivity index (χ0v) is 37.8. The normalized spacial score (nSPS) is 13.6. The van der Waals surface area contributed by atoms with Crippen LogP contribution < -0.4 is 30.4 Å². The van der Waals surface area contributed by atoms with Gasteiger partial charge in [0.2, 0.25) is 0 Å². The lowest BCUT2D eigenvalue weighted by atomic mass is 9.83. The summed E-state index contributed by atoms with van der Waals surface area (Å²) in [6.45, 7) is -0.865. The van der Waals surface area contributed by atoms with Gasteiger partial charge in [0.1, 0.15) is 35.2 Å². The summed E-state index contributed by atoms with van der Waals surface area (Å²) in [6, 6.07) is 25.8. The molecule has 12 nitrogen and oxygen atoms in total. The number of carbonyl (C=O) groups excluding carboxylic acids is 4. The van der Waals surface area contributed by atoms with Gasteiger partial charge in [0.15, 0.2) is 11.6 Å². The van der Waals surface area contributed by atoms with E-state index < -0.39 is 105 Å². The molecule has 0 saturated heterocycles. The molecule has 0 spiro atoms. The lowest BCUT2D eigenvalue weighted by molar-refractivity contribution is -0.284. The largest absolute Gasteiger partial charge is 0.494 e. The van der Waals surface area contributed by atoms with E-state index in [9.17, 15) is 73.3 Å². The Kier molecular flexibility index (Phi) is 18.6. The van der Waals surface area contributed by atoms with E-state index in [1.807, 2.05) is 0 Å². The molecule has 0 bridgehead atoms. The van der Waals surface area contributed by atoms with E-state index in [0.29, 0.717) is 11.1 Å². The SMILES string of the molecule is Nc1ccc(C(C(O)C(=O)/C=C/c2ccc(OC(=O)c3ccc(OCCCC(F)(F)C(F)(F)F)cc3)cc2)C(O)C(=O)/C=C/c2ccc(OC(=O)c3ccc(OCCCC(F)(F)C(F)(F)F)cc3)cc2)c(N)c1. The first kappa shape index (κ1) is 56.2. The molecule has 2 atom stereocenters. The number of halogens is 10. The third kappa shape index (κ3) is 15.9. The Morgan fingerprint density at radius 1 is 0.507 bits per heavy atom. The second-order valence-electron chi connectivity index (χ2n) is 16.0. The number of hydrogen-bond donors (Lipinski definition) is 4. The molecule has 388 valence electrons. The Hall–Kier alpha value is -7.72. The fourth-order valence-corrected chi connectivity index (χ4v) is 6.57. The number of nitrogens with two attached hydrogens (primary N) is 2. The number of nitrogen functional groups attached to an aromatic ring is 2. The summed E-state index contributed by atoms with van der Waals surface area (Å²) in [5.41, 5.74) is 13.1. The Morgan fingerprint density at radius 2 is 0.863 bits per heavy atom. The predicted octanol–water partition coefficient (Wildman–Crippen LogP) is 10.4. The standard InChI is InChI=1S/C51H44F10N2O10/c52-48(53,50(56,57)58)25-1-27-70-35-18-9-32(10-19-35)46(68)72-37-14-3-30(4-15-37)7-23-41(64)44(66)43(39-22-13-34(62)29-40(39)63)45(67)42(65)24-8-31-5-16-38(17-6-31)73-47(69)33-11-20-36(21-12-33)71-28-2-26-49(54,55)51(59,60)61/h3-24,29,43-45,66-67H,1-2,25-28,62-63H2/b23-7+,24-8+. The molecule has 0 saturated carbocycles. The Bertz CT molecular complexity index is 2580. The zero-order valence-electron chi connectivity index (χ0n) is 37.8. The summed E-state index contributed by atoms with van der Waals surface area (Å²) in [4.78, 5) is 52.2. The van der Waals surface area contributed by atoms with E-state index in [1.165, 1.54) is 127 Å². The van der Waals surface area contributed by atoms with Crippen molar-refractivity contribution in [3.05, 3.63) is 155 Å². The van der Waals surface area contributed by atoms with Gasteiger partial charge in [-0.3, -0.25) is 9.59 Å². The quantitative estimate of drug-likeness (QED) is 0.0121. The minimum atomic E-state index is -5.67. The lowest BCUT2D eigenvalue weighted by Gasteiger charge is -2.26. The molecule has 0 radical (unpaired) electrons. The molecule has 0 heterocycles. The van der Waals surface area contributed by atoms with Gasteiger partial charge in [-0.2, -0.15) is 43.9 Å². The first-order valence-electron chi connectivity index (χ1n) is 21.7. The number of alkyl halides is 10. The highest BCUT2D eigenvalue weighted by Gasteiger charge is 2.57. The van der Waals surface area contributed by atoms with Gasteiger partial charge in [-0.15, -0.1) is 0 Å². The van der Waals surface area contributed by atoms with Crippen molar-refractivity contribution in [3.63, 3.8) is 0 Å². The second-order valence-corrected chi connectivity index (χ2v) is 16.0. The highest BCUT2D eigenvalue weighted by Crippen LogP contribution is 2.40. The molecule has 5 aromatic carbocycles. The van der Waals surface area contributed by atoms with Crippen LogP contribution in [0.15, 0.2) is 127 Å². The van der Waals surface area contributed by atoms with Crippen molar-refractivity contribution in [2.45, 2.75) is 68.0 Å². The molecular formula is C51H44F10N2O10. The number of aliphatic hydroxyl groups excluding tert-OH is 2. The van der Waals surface area contributed by atoms with Crippen molar-refractivity contribution in [1.29, 1.82) is 0 Å². The third-order valence-electron chi connectivity index (χ3n) is 10.6. The summed E-state index contributed by atoms with van der Waals surface area (Å²) in [5.74, 6) is -14.4. The van der Waals surface area contributed by atoms with E-state index in [4.69, 9.17) is 30.4 Å². The Balaban J connectivity index is 1.14. The number of ketones is 2. The van der Waals surface area contributed by atoms with Gasteiger partial charge in [-0.05, 0) is 127 Å². The van der Waals surface area contributed by atoms with E-state index in [0.717, 1.165) is 12.2 Å². The number of carbonyl (C=O) groups is 4. The number of rotatable bonds is 23. The molecule has 2 unspecified atom stereocenters. The molecule has 73 heavy (non-hydrogen) atoms. The molecular weight excluding hydrogens is 991 g/mol. The van der Waals surface area contributed by atoms with Crippen LogP contribution in [0.1, 0.15) is 69.0 Å². The molecule has 0 aliphatic carbocycles. The van der Waals surface area contributed by atoms with Crippen molar-refractivity contribution in [2.75, 3.05) is 24.7 Å². The van der Waals surface area contributed by atoms with Crippen LogP contribution in [0.25, 0.3) is 12.2 Å². The molecule has 0 aromatic heterocycles. The van der Waals surface area contributed by atoms with Crippen molar-refractivity contribution < 1.29 is 92.2 Å². The maximum absolute atomic E-state index is 13.4. The zero-order chi connectivity index (χ0) is 53.7. The Labute approximate surface area is 409 Å². The lowest BCUT2D eigenvalue weighted by Crippen LogP contribution is -2.39. The first-order chi connectivity index (χ1) is 34.2. The highest BCUT2D eigenvalue weighted by atomic mass is 19.4. The monoisotopic (exact) mass is 1030 g/mol. The second kappa shape index (κ2) is 24.1. The van der Waals surface area contributed by atoms with Crippen LogP contribution in [0, 0.1) is 0 Å². The Morgan fingerprint density at radius 3 is 1.21 bits per heavy atom. The molecule has 0 aliphatic rings. The van der Waals surface area contributed by atoms with E-state index >= 15 is 0 Å². The fraction of sp³-hybridized carbons (Fsp3) is 0.255. The van der Waals surface area contributed by atoms with Gasteiger partial charge >= 0.3 is 36.1 Å². The number of ether oxygens (including phenoxy) is 4. The fourth-order valence-electron chi connectivity index (χ4n) is 6.57. The maximum atomic E-state index is 13.4. The average Bonchev–Trinajstić information content (AvgIpc) is 3.33. The van der Waals surface area contributed by atoms with Crippen LogP contribution >= 0.6 is 0 Å². The minimum Gasteiger partial charge on any atom is -0.494 e. The van der Waals surface area contributed by atoms with Crippen molar-refractivity contribution >= 4 is 47.0 Å². The summed E-state index contributed by atoms with van der Waals surface area (Å²) < 4.78 is 148. The smallest absolute Gasteiger partial charge is 0.453 e. The molecule has 0 amide bonds. The van der Waals surface area contributed by atoms with Crippen LogP contribution in [0.4, 0.5) is 55.3 Å². The van der Waals surface area contributed by atoms with Crippen LogP contribution in [0.2, 0.25) is 0 Å². The van der Waals surface area contributed by atoms with Gasteiger partial charge in [0.25, 0.3) is 0 Å². The number of esters is 2. The number of aliphatic hydroxyl groups is 2. The van der Waals surface area contributed by atoms with E-state index in [1.54, 1.807) is 0 Å². The van der Waals surface area contributed by atoms with Crippen LogP contribution in [0.3, 0.4) is 0 Å². The topological polar surface area (TPSA) is 198 Å². The molecule has 5 rings (SSSR count). The van der Waals surface area contributed by atoms with Crippen LogP contribution in [0.5, 0.6) is 23.0 Å². The van der Waals surface area contributed by atoms with Crippen molar-refractivity contribution in [3.8, 4) is 23.0 Å². The summed E-state index contributed by atoms with van der Waals surface area (Å²) >= 11 is 0. The molecule has 0 aliphatic heterocycles. The number of anilines is 2. The van der Waals surface area contributed by atoms with E-state index in [-0.39, 0.29) is 51.1 Å². The molecule has 5 aromatic rings. The van der Waals surface area contributed by atoms with Crippen LogP contribution in [-0.4, -0.2) is 83.3 Å². The minimum absolute atomic E-state index is 0.0266. The average molecular weight is 1030 g/mol. The number of hydrogen-bond acceptors (Lipinski definition) is 12. The van der Waals surface area contributed by atoms with Gasteiger partial charge in [0.05, 0.1) is 30.3 Å². The summed E-state index contributed by atoms with van der Waals surface area (Å²) in [5, 5.41) is 22.6. The number of benzene rings is 5.